The fourth-order valence-corrected chi connectivity index (χ4v) is 3.58. The van der Waals surface area contributed by atoms with Crippen molar-refractivity contribution in [3.05, 3.63) is 21.4 Å². The van der Waals surface area contributed by atoms with Gasteiger partial charge in [-0.2, -0.15) is 0 Å². The number of nitrogens with zero attached hydrogens (tertiary/aromatic N) is 1. The second-order valence-electron chi connectivity index (χ2n) is 4.96. The van der Waals surface area contributed by atoms with Crippen LogP contribution < -0.4 is 5.32 Å². The molecule has 0 aliphatic carbocycles. The molecule has 0 saturated carbocycles. The number of carbonyl (C=O) groups excluding carboxylic acids is 1. The van der Waals surface area contributed by atoms with Crippen LogP contribution in [0.5, 0.6) is 0 Å². The van der Waals surface area contributed by atoms with Crippen molar-refractivity contribution in [2.75, 3.05) is 26.2 Å². The van der Waals surface area contributed by atoms with Gasteiger partial charge in [0.2, 0.25) is 0 Å². The highest BCUT2D eigenvalue weighted by atomic mass is 32.1. The molecule has 1 aromatic heterocycles. The predicted octanol–water partition coefficient (Wildman–Crippen LogP) is 1.18. The van der Waals surface area contributed by atoms with Crippen molar-refractivity contribution in [3.8, 4) is 0 Å². The van der Waals surface area contributed by atoms with E-state index in [9.17, 15) is 4.79 Å². The highest BCUT2D eigenvalue weighted by Crippen LogP contribution is 2.25. The van der Waals surface area contributed by atoms with Crippen molar-refractivity contribution in [2.45, 2.75) is 26.0 Å². The Morgan fingerprint density at radius 1 is 1.50 bits per heavy atom. The second-order valence-corrected chi connectivity index (χ2v) is 6.05. The molecule has 1 amide bonds. The molecule has 0 aromatic carbocycles. The van der Waals surface area contributed by atoms with Gasteiger partial charge in [0.15, 0.2) is 0 Å². The molecule has 1 aromatic rings. The number of ether oxygens (including phenoxy) is 1. The summed E-state index contributed by atoms with van der Waals surface area (Å²) in [6.07, 6.45) is 0.169. The number of fused-ring (bicyclic) bond motifs is 1. The molecule has 18 heavy (non-hydrogen) atoms. The molecule has 3 rings (SSSR count). The van der Waals surface area contributed by atoms with Crippen molar-refractivity contribution >= 4 is 17.2 Å². The summed E-state index contributed by atoms with van der Waals surface area (Å²) >= 11 is 1.65. The van der Waals surface area contributed by atoms with E-state index in [0.29, 0.717) is 13.2 Å². The molecular formula is C13H18N2O2S. The van der Waals surface area contributed by atoms with Gasteiger partial charge in [-0.1, -0.05) is 0 Å². The Balaban J connectivity index is 1.85. The summed E-state index contributed by atoms with van der Waals surface area (Å²) in [6, 6.07) is 0.200. The van der Waals surface area contributed by atoms with Gasteiger partial charge in [-0.3, -0.25) is 4.79 Å². The Bertz CT molecular complexity index is 472. The Labute approximate surface area is 111 Å². The Kier molecular flexibility index (Phi) is 3.13. The molecular weight excluding hydrogens is 248 g/mol. The number of morpholine rings is 1. The van der Waals surface area contributed by atoms with E-state index in [1.54, 1.807) is 11.3 Å². The van der Waals surface area contributed by atoms with Gasteiger partial charge in [0.25, 0.3) is 5.91 Å². The zero-order valence-electron chi connectivity index (χ0n) is 10.7. The van der Waals surface area contributed by atoms with Gasteiger partial charge in [-0.15, -0.1) is 11.3 Å². The summed E-state index contributed by atoms with van der Waals surface area (Å²) in [6.45, 7) is 7.15. The van der Waals surface area contributed by atoms with Gasteiger partial charge in [0.05, 0.1) is 24.3 Å². The Morgan fingerprint density at radius 2 is 2.33 bits per heavy atom. The van der Waals surface area contributed by atoms with Gasteiger partial charge < -0.3 is 15.0 Å². The maximum absolute atomic E-state index is 12.6. The molecule has 2 saturated heterocycles. The van der Waals surface area contributed by atoms with Crippen LogP contribution in [0.4, 0.5) is 0 Å². The monoisotopic (exact) mass is 266 g/mol. The number of nitrogens with one attached hydrogen (secondary N) is 1. The lowest BCUT2D eigenvalue weighted by Crippen LogP contribution is -2.53. The van der Waals surface area contributed by atoms with Gasteiger partial charge >= 0.3 is 0 Å². The molecule has 0 unspecified atom stereocenters. The highest BCUT2D eigenvalue weighted by Gasteiger charge is 2.39. The van der Waals surface area contributed by atoms with E-state index in [1.807, 2.05) is 17.2 Å². The van der Waals surface area contributed by atoms with E-state index in [-0.39, 0.29) is 18.1 Å². The minimum Gasteiger partial charge on any atom is -0.373 e. The fraction of sp³-hybridized carbons (Fsp3) is 0.615. The molecule has 2 aliphatic heterocycles. The summed E-state index contributed by atoms with van der Waals surface area (Å²) in [5.74, 6) is 0.166. The van der Waals surface area contributed by atoms with Gasteiger partial charge in [0.1, 0.15) is 0 Å². The zero-order chi connectivity index (χ0) is 12.7. The number of hydrogen-bond acceptors (Lipinski definition) is 4. The molecule has 98 valence electrons. The van der Waals surface area contributed by atoms with E-state index in [4.69, 9.17) is 4.74 Å². The third kappa shape index (κ3) is 1.86. The van der Waals surface area contributed by atoms with E-state index in [1.165, 1.54) is 4.88 Å². The van der Waals surface area contributed by atoms with Crippen LogP contribution in [-0.2, 0) is 4.74 Å². The van der Waals surface area contributed by atoms with E-state index >= 15 is 0 Å². The van der Waals surface area contributed by atoms with Crippen LogP contribution >= 0.6 is 11.3 Å². The number of hydrogen-bond donors (Lipinski definition) is 1. The van der Waals surface area contributed by atoms with Crippen molar-refractivity contribution in [1.29, 1.82) is 0 Å². The quantitative estimate of drug-likeness (QED) is 0.830. The largest absolute Gasteiger partial charge is 0.373 e. The van der Waals surface area contributed by atoms with E-state index in [2.05, 4.69) is 12.2 Å². The van der Waals surface area contributed by atoms with E-state index < -0.39 is 0 Å². The summed E-state index contributed by atoms with van der Waals surface area (Å²) < 4.78 is 5.70. The van der Waals surface area contributed by atoms with Crippen molar-refractivity contribution in [3.63, 3.8) is 0 Å². The molecule has 0 bridgehead atoms. The fourth-order valence-electron chi connectivity index (χ4n) is 2.72. The maximum Gasteiger partial charge on any atom is 0.255 e. The first-order valence-corrected chi connectivity index (χ1v) is 7.24. The number of rotatable bonds is 1. The van der Waals surface area contributed by atoms with Crippen LogP contribution in [0.1, 0.15) is 20.8 Å². The lowest BCUT2D eigenvalue weighted by Gasteiger charge is -2.37. The van der Waals surface area contributed by atoms with Crippen molar-refractivity contribution < 1.29 is 9.53 Å². The first kappa shape index (κ1) is 12.1. The van der Waals surface area contributed by atoms with Gasteiger partial charge in [-0.05, 0) is 19.4 Å². The molecule has 1 N–H and O–H groups in total. The van der Waals surface area contributed by atoms with Crippen LogP contribution in [0.3, 0.4) is 0 Å². The summed E-state index contributed by atoms with van der Waals surface area (Å²) in [4.78, 5) is 15.8. The molecule has 0 radical (unpaired) electrons. The lowest BCUT2D eigenvalue weighted by atomic mass is 10.1. The van der Waals surface area contributed by atoms with Crippen LogP contribution in [0.25, 0.3) is 0 Å². The van der Waals surface area contributed by atoms with Crippen LogP contribution in [0, 0.1) is 13.8 Å². The average Bonchev–Trinajstić information content (AvgIpc) is 2.96. The van der Waals surface area contributed by atoms with Crippen LogP contribution in [-0.4, -0.2) is 49.2 Å². The molecule has 5 heteroatoms. The van der Waals surface area contributed by atoms with Gasteiger partial charge in [-0.25, -0.2) is 0 Å². The smallest absolute Gasteiger partial charge is 0.255 e. The molecule has 0 spiro atoms. The lowest BCUT2D eigenvalue weighted by molar-refractivity contribution is -0.0364. The topological polar surface area (TPSA) is 41.6 Å². The number of thiophene rings is 1. The van der Waals surface area contributed by atoms with Crippen LogP contribution in [0.2, 0.25) is 0 Å². The van der Waals surface area contributed by atoms with Crippen molar-refractivity contribution in [2.24, 2.45) is 0 Å². The minimum absolute atomic E-state index is 0.166. The first-order valence-electron chi connectivity index (χ1n) is 6.36. The summed E-state index contributed by atoms with van der Waals surface area (Å²) in [5, 5.41) is 5.29. The minimum atomic E-state index is 0.166. The third-order valence-corrected chi connectivity index (χ3v) is 4.98. The Hall–Kier alpha value is -0.910. The van der Waals surface area contributed by atoms with Gasteiger partial charge in [0, 0.05) is 29.9 Å². The van der Waals surface area contributed by atoms with E-state index in [0.717, 1.165) is 24.2 Å². The SMILES string of the molecule is Cc1scc(C(=O)N2CCO[C@@H]3CNC[C@@H]32)c1C. The molecule has 2 aliphatic rings. The third-order valence-electron chi connectivity index (χ3n) is 3.97. The number of amides is 1. The van der Waals surface area contributed by atoms with Crippen LogP contribution in [0.15, 0.2) is 5.38 Å². The number of aryl methyl sites for hydroxylation is 1. The normalized spacial score (nSPS) is 27.3. The van der Waals surface area contributed by atoms with Crippen molar-refractivity contribution in [1.82, 2.24) is 10.2 Å². The predicted molar refractivity (Wildman–Crippen MR) is 71.2 cm³/mol. The molecule has 2 fully saturated rings. The molecule has 3 heterocycles. The summed E-state index contributed by atoms with van der Waals surface area (Å²) in [5.41, 5.74) is 1.99. The first-order chi connectivity index (χ1) is 8.68. The highest BCUT2D eigenvalue weighted by molar-refractivity contribution is 7.10. The maximum atomic E-state index is 12.6. The zero-order valence-corrected chi connectivity index (χ0v) is 11.5. The average molecular weight is 266 g/mol. The summed E-state index contributed by atoms with van der Waals surface area (Å²) in [7, 11) is 0. The number of carbonyl (C=O) groups is 1. The molecule has 2 atom stereocenters. The second kappa shape index (κ2) is 4.64. The Morgan fingerprint density at radius 3 is 3.06 bits per heavy atom. The standard InChI is InChI=1S/C13H18N2O2S/c1-8-9(2)18-7-10(8)13(16)15-3-4-17-12-6-14-5-11(12)15/h7,11-12,14H,3-6H2,1-2H3/t11-,12+/m0/s1. The molecule has 4 nitrogen and oxygen atoms in total.